The third kappa shape index (κ3) is 4.60. The van der Waals surface area contributed by atoms with Crippen LogP contribution in [0, 0.1) is 0 Å². The predicted octanol–water partition coefficient (Wildman–Crippen LogP) is 4.38. The number of phenols is 1. The van der Waals surface area contributed by atoms with Crippen LogP contribution in [0.4, 0.5) is 10.5 Å². The van der Waals surface area contributed by atoms with Gasteiger partial charge in [-0.05, 0) is 43.2 Å². The fourth-order valence-corrected chi connectivity index (χ4v) is 3.99. The molecule has 7 heteroatoms. The number of pyridine rings is 1. The van der Waals surface area contributed by atoms with Crippen molar-refractivity contribution < 1.29 is 9.90 Å². The second kappa shape index (κ2) is 8.68. The summed E-state index contributed by atoms with van der Waals surface area (Å²) < 4.78 is 0. The van der Waals surface area contributed by atoms with Gasteiger partial charge in [0.1, 0.15) is 11.3 Å². The maximum absolute atomic E-state index is 12.2. The van der Waals surface area contributed by atoms with Crippen LogP contribution in [0.15, 0.2) is 54.7 Å². The Kier molecular flexibility index (Phi) is 5.83. The lowest BCUT2D eigenvalue weighted by atomic mass is 10.0. The van der Waals surface area contributed by atoms with E-state index in [1.54, 1.807) is 12.3 Å². The number of anilines is 1. The van der Waals surface area contributed by atoms with Gasteiger partial charge in [0.25, 0.3) is 0 Å². The third-order valence-corrected chi connectivity index (χ3v) is 5.56. The van der Waals surface area contributed by atoms with E-state index >= 15 is 0 Å². The molecule has 2 heterocycles. The highest BCUT2D eigenvalue weighted by molar-refractivity contribution is 6.35. The van der Waals surface area contributed by atoms with Crippen LogP contribution >= 0.6 is 11.6 Å². The SMILES string of the molecule is O=C(Nc1ccccc1)NC1CCN(Cc2cc(Cl)c3cccnc3c2O)CC1. The number of hydrogen-bond donors (Lipinski definition) is 3. The number of fused-ring (bicyclic) bond motifs is 1. The molecule has 0 unspecified atom stereocenters. The van der Waals surface area contributed by atoms with Gasteiger partial charge in [-0.1, -0.05) is 29.8 Å². The van der Waals surface area contributed by atoms with Gasteiger partial charge in [-0.25, -0.2) is 4.79 Å². The number of amides is 2. The quantitative estimate of drug-likeness (QED) is 0.596. The largest absolute Gasteiger partial charge is 0.505 e. The summed E-state index contributed by atoms with van der Waals surface area (Å²) in [6, 6.07) is 14.8. The van der Waals surface area contributed by atoms with E-state index in [1.807, 2.05) is 42.5 Å². The molecule has 3 N–H and O–H groups in total. The fraction of sp³-hybridized carbons (Fsp3) is 0.273. The van der Waals surface area contributed by atoms with Gasteiger partial charge in [0, 0.05) is 48.5 Å². The first kappa shape index (κ1) is 19.5. The molecule has 1 saturated heterocycles. The molecule has 0 radical (unpaired) electrons. The molecule has 3 aromatic rings. The summed E-state index contributed by atoms with van der Waals surface area (Å²) >= 11 is 6.37. The van der Waals surface area contributed by atoms with E-state index < -0.39 is 0 Å². The lowest BCUT2D eigenvalue weighted by molar-refractivity contribution is 0.188. The number of likely N-dealkylation sites (tertiary alicyclic amines) is 1. The molecule has 1 aliphatic rings. The van der Waals surface area contributed by atoms with Gasteiger partial charge >= 0.3 is 6.03 Å². The normalized spacial score (nSPS) is 15.3. The standard InChI is InChI=1S/C22H23ClN4O2/c23-19-13-15(21(28)20-18(19)7-4-10-24-20)14-27-11-8-17(9-12-27)26-22(29)25-16-5-2-1-3-6-16/h1-7,10,13,17,28H,8-9,11-12,14H2,(H2,25,26,29). The zero-order chi connectivity index (χ0) is 20.2. The number of phenolic OH excluding ortho intramolecular Hbond substituents is 1. The number of nitrogens with zero attached hydrogens (tertiary/aromatic N) is 2. The number of aromatic hydroxyl groups is 1. The van der Waals surface area contributed by atoms with Crippen molar-refractivity contribution in [2.45, 2.75) is 25.4 Å². The Labute approximate surface area is 174 Å². The van der Waals surface area contributed by atoms with Gasteiger partial charge < -0.3 is 15.7 Å². The van der Waals surface area contributed by atoms with Crippen molar-refractivity contribution in [3.63, 3.8) is 0 Å². The first-order valence-electron chi connectivity index (χ1n) is 9.70. The molecule has 0 atom stereocenters. The molecule has 150 valence electrons. The number of hydrogen-bond acceptors (Lipinski definition) is 4. The molecule has 0 saturated carbocycles. The van der Waals surface area contributed by atoms with Crippen molar-refractivity contribution in [2.24, 2.45) is 0 Å². The average molecular weight is 411 g/mol. The maximum atomic E-state index is 12.2. The van der Waals surface area contributed by atoms with Crippen molar-refractivity contribution in [1.82, 2.24) is 15.2 Å². The summed E-state index contributed by atoms with van der Waals surface area (Å²) in [5.74, 6) is 0.187. The zero-order valence-corrected chi connectivity index (χ0v) is 16.7. The number of piperidine rings is 1. The van der Waals surface area contributed by atoms with Crippen LogP contribution in [0.5, 0.6) is 5.75 Å². The number of urea groups is 1. The highest BCUT2D eigenvalue weighted by atomic mass is 35.5. The molecule has 4 rings (SSSR count). The Balaban J connectivity index is 1.33. The van der Waals surface area contributed by atoms with Gasteiger partial charge in [0.15, 0.2) is 0 Å². The number of carbonyl (C=O) groups excluding carboxylic acids is 1. The van der Waals surface area contributed by atoms with E-state index in [0.29, 0.717) is 17.1 Å². The van der Waals surface area contributed by atoms with E-state index in [-0.39, 0.29) is 17.8 Å². The first-order chi connectivity index (χ1) is 14.1. The molecule has 1 aromatic heterocycles. The first-order valence-corrected chi connectivity index (χ1v) is 10.1. The summed E-state index contributed by atoms with van der Waals surface area (Å²) in [6.45, 7) is 2.25. The lowest BCUT2D eigenvalue weighted by Crippen LogP contribution is -2.45. The summed E-state index contributed by atoms with van der Waals surface area (Å²) in [6.07, 6.45) is 3.35. The summed E-state index contributed by atoms with van der Waals surface area (Å²) in [4.78, 5) is 18.7. The molecule has 6 nitrogen and oxygen atoms in total. The van der Waals surface area contributed by atoms with Crippen LogP contribution in [0.3, 0.4) is 0 Å². The van der Waals surface area contributed by atoms with Crippen molar-refractivity contribution in [3.8, 4) is 5.75 Å². The molecule has 1 fully saturated rings. The van der Waals surface area contributed by atoms with Crippen LogP contribution in [-0.4, -0.2) is 40.2 Å². The average Bonchev–Trinajstić information content (AvgIpc) is 2.74. The van der Waals surface area contributed by atoms with E-state index in [0.717, 1.165) is 42.6 Å². The van der Waals surface area contributed by atoms with Crippen molar-refractivity contribution in [3.05, 3.63) is 65.3 Å². The number of carbonyl (C=O) groups is 1. The van der Waals surface area contributed by atoms with Crippen molar-refractivity contribution >= 4 is 34.2 Å². The lowest BCUT2D eigenvalue weighted by Gasteiger charge is -2.32. The number of para-hydroxylation sites is 1. The molecule has 0 aliphatic carbocycles. The van der Waals surface area contributed by atoms with Crippen LogP contribution in [0.2, 0.25) is 5.02 Å². The second-order valence-corrected chi connectivity index (χ2v) is 7.69. The molecular formula is C22H23ClN4O2. The van der Waals surface area contributed by atoms with Gasteiger partial charge in [0.05, 0.1) is 5.02 Å². The monoisotopic (exact) mass is 410 g/mol. The molecule has 29 heavy (non-hydrogen) atoms. The Morgan fingerprint density at radius 1 is 1.17 bits per heavy atom. The highest BCUT2D eigenvalue weighted by Gasteiger charge is 2.22. The molecule has 0 bridgehead atoms. The summed E-state index contributed by atoms with van der Waals surface area (Å²) in [5.41, 5.74) is 2.08. The smallest absolute Gasteiger partial charge is 0.319 e. The third-order valence-electron chi connectivity index (χ3n) is 5.24. The van der Waals surface area contributed by atoms with Crippen molar-refractivity contribution in [1.29, 1.82) is 0 Å². The minimum atomic E-state index is -0.181. The molecule has 1 aliphatic heterocycles. The number of benzene rings is 2. The zero-order valence-electron chi connectivity index (χ0n) is 15.9. The Morgan fingerprint density at radius 3 is 2.69 bits per heavy atom. The van der Waals surface area contributed by atoms with Crippen LogP contribution in [0.1, 0.15) is 18.4 Å². The minimum absolute atomic E-state index is 0.130. The molecule has 0 spiro atoms. The van der Waals surface area contributed by atoms with E-state index in [4.69, 9.17) is 11.6 Å². The summed E-state index contributed by atoms with van der Waals surface area (Å²) in [7, 11) is 0. The second-order valence-electron chi connectivity index (χ2n) is 7.28. The minimum Gasteiger partial charge on any atom is -0.505 e. The molecular weight excluding hydrogens is 388 g/mol. The number of rotatable bonds is 4. The van der Waals surface area contributed by atoms with Crippen LogP contribution in [0.25, 0.3) is 10.9 Å². The van der Waals surface area contributed by atoms with Crippen LogP contribution < -0.4 is 10.6 Å². The Morgan fingerprint density at radius 2 is 1.93 bits per heavy atom. The number of halogens is 1. The van der Waals surface area contributed by atoms with E-state index in [1.165, 1.54) is 0 Å². The van der Waals surface area contributed by atoms with Gasteiger partial charge in [-0.15, -0.1) is 0 Å². The van der Waals surface area contributed by atoms with Crippen LogP contribution in [-0.2, 0) is 6.54 Å². The molecule has 2 amide bonds. The Hall–Kier alpha value is -2.83. The number of aromatic nitrogens is 1. The predicted molar refractivity (Wildman–Crippen MR) is 115 cm³/mol. The van der Waals surface area contributed by atoms with Crippen molar-refractivity contribution in [2.75, 3.05) is 18.4 Å². The summed E-state index contributed by atoms with van der Waals surface area (Å²) in [5, 5.41) is 17.8. The van der Waals surface area contributed by atoms with E-state index in [2.05, 4.69) is 20.5 Å². The van der Waals surface area contributed by atoms with Gasteiger partial charge in [0.2, 0.25) is 0 Å². The maximum Gasteiger partial charge on any atom is 0.319 e. The van der Waals surface area contributed by atoms with Gasteiger partial charge in [-0.3, -0.25) is 9.88 Å². The topological polar surface area (TPSA) is 77.5 Å². The van der Waals surface area contributed by atoms with Gasteiger partial charge in [-0.2, -0.15) is 0 Å². The highest BCUT2D eigenvalue weighted by Crippen LogP contribution is 2.33. The fourth-order valence-electron chi connectivity index (χ4n) is 3.71. The van der Waals surface area contributed by atoms with E-state index in [9.17, 15) is 9.90 Å². The number of nitrogens with one attached hydrogen (secondary N) is 2. The Bertz CT molecular complexity index is 1000. The molecule has 2 aromatic carbocycles.